The number of anilines is 1. The predicted octanol–water partition coefficient (Wildman–Crippen LogP) is 3.28. The van der Waals surface area contributed by atoms with E-state index >= 15 is 0 Å². The second-order valence-electron chi connectivity index (χ2n) is 6.21. The third-order valence-electron chi connectivity index (χ3n) is 4.07. The van der Waals surface area contributed by atoms with Gasteiger partial charge in [0.15, 0.2) is 0 Å². The summed E-state index contributed by atoms with van der Waals surface area (Å²) in [4.78, 5) is 14.6. The molecule has 140 valence electrons. The van der Waals surface area contributed by atoms with E-state index in [1.807, 2.05) is 67.6 Å². The molecule has 0 saturated heterocycles. The normalized spacial score (nSPS) is 11.5. The Labute approximate surface area is 156 Å². The highest BCUT2D eigenvalue weighted by Crippen LogP contribution is 2.18. The van der Waals surface area contributed by atoms with Gasteiger partial charge < -0.3 is 4.90 Å². The SMILES string of the molecule is CCCN(CCC(=O)N(Cc1ccccc1)c1ccccc1)S(C)(=O)=O. The number of hydrogen-bond acceptors (Lipinski definition) is 3. The molecule has 6 heteroatoms. The first kappa shape index (κ1) is 20.1. The molecule has 0 heterocycles. The van der Waals surface area contributed by atoms with E-state index in [1.165, 1.54) is 10.6 Å². The van der Waals surface area contributed by atoms with Crippen molar-refractivity contribution in [2.45, 2.75) is 26.3 Å². The predicted molar refractivity (Wildman–Crippen MR) is 105 cm³/mol. The molecule has 26 heavy (non-hydrogen) atoms. The standard InChI is InChI=1S/C20H26N2O3S/c1-3-15-21(26(2,24)25)16-14-20(23)22(19-12-8-5-9-13-19)17-18-10-6-4-7-11-18/h4-13H,3,14-17H2,1-2H3. The second-order valence-corrected chi connectivity index (χ2v) is 8.20. The Morgan fingerprint density at radius 1 is 0.923 bits per heavy atom. The second kappa shape index (κ2) is 9.50. The topological polar surface area (TPSA) is 57.7 Å². The molecule has 0 radical (unpaired) electrons. The largest absolute Gasteiger partial charge is 0.308 e. The molecule has 1 amide bonds. The lowest BCUT2D eigenvalue weighted by molar-refractivity contribution is -0.118. The summed E-state index contributed by atoms with van der Waals surface area (Å²) >= 11 is 0. The van der Waals surface area contributed by atoms with Gasteiger partial charge in [0.25, 0.3) is 0 Å². The van der Waals surface area contributed by atoms with E-state index in [-0.39, 0.29) is 18.9 Å². The van der Waals surface area contributed by atoms with Gasteiger partial charge >= 0.3 is 0 Å². The third kappa shape index (κ3) is 5.97. The zero-order valence-corrected chi connectivity index (χ0v) is 16.2. The summed E-state index contributed by atoms with van der Waals surface area (Å²) in [5.74, 6) is -0.0928. The van der Waals surface area contributed by atoms with Crippen molar-refractivity contribution in [1.29, 1.82) is 0 Å². The molecule has 0 aliphatic heterocycles. The third-order valence-corrected chi connectivity index (χ3v) is 5.37. The molecule has 0 saturated carbocycles. The van der Waals surface area contributed by atoms with Gasteiger partial charge in [0.1, 0.15) is 0 Å². The molecule has 0 bridgehead atoms. The lowest BCUT2D eigenvalue weighted by Crippen LogP contribution is -2.37. The number of carbonyl (C=O) groups excluding carboxylic acids is 1. The Balaban J connectivity index is 2.15. The Morgan fingerprint density at radius 3 is 2.04 bits per heavy atom. The number of hydrogen-bond donors (Lipinski definition) is 0. The van der Waals surface area contributed by atoms with E-state index in [0.29, 0.717) is 19.5 Å². The van der Waals surface area contributed by atoms with Gasteiger partial charge in [-0.05, 0) is 24.1 Å². The zero-order chi connectivity index (χ0) is 19.0. The number of para-hydroxylation sites is 1. The number of benzene rings is 2. The lowest BCUT2D eigenvalue weighted by Gasteiger charge is -2.25. The van der Waals surface area contributed by atoms with Crippen molar-refractivity contribution >= 4 is 21.6 Å². The monoisotopic (exact) mass is 374 g/mol. The zero-order valence-electron chi connectivity index (χ0n) is 15.3. The average Bonchev–Trinajstić information content (AvgIpc) is 2.63. The van der Waals surface area contributed by atoms with Crippen LogP contribution in [0.3, 0.4) is 0 Å². The molecule has 0 spiro atoms. The van der Waals surface area contributed by atoms with E-state index < -0.39 is 10.0 Å². The van der Waals surface area contributed by atoms with Gasteiger partial charge in [0, 0.05) is 25.2 Å². The summed E-state index contributed by atoms with van der Waals surface area (Å²) < 4.78 is 25.1. The minimum atomic E-state index is -3.31. The summed E-state index contributed by atoms with van der Waals surface area (Å²) in [6.07, 6.45) is 2.05. The van der Waals surface area contributed by atoms with Crippen molar-refractivity contribution in [3.8, 4) is 0 Å². The van der Waals surface area contributed by atoms with Crippen LogP contribution in [0.4, 0.5) is 5.69 Å². The smallest absolute Gasteiger partial charge is 0.228 e. The van der Waals surface area contributed by atoms with Crippen LogP contribution in [0.1, 0.15) is 25.3 Å². The van der Waals surface area contributed by atoms with E-state index in [1.54, 1.807) is 4.90 Å². The number of carbonyl (C=O) groups is 1. The summed E-state index contributed by atoms with van der Waals surface area (Å²) in [6, 6.07) is 19.2. The molecule has 0 aromatic heterocycles. The maximum absolute atomic E-state index is 12.9. The van der Waals surface area contributed by atoms with Crippen LogP contribution in [0.2, 0.25) is 0 Å². The molecule has 2 aromatic carbocycles. The van der Waals surface area contributed by atoms with E-state index in [0.717, 1.165) is 11.3 Å². The Morgan fingerprint density at radius 2 is 1.50 bits per heavy atom. The number of nitrogens with zero attached hydrogens (tertiary/aromatic N) is 2. The van der Waals surface area contributed by atoms with Crippen LogP contribution in [0.5, 0.6) is 0 Å². The maximum atomic E-state index is 12.9. The number of sulfonamides is 1. The maximum Gasteiger partial charge on any atom is 0.228 e. The molecule has 0 aliphatic rings. The van der Waals surface area contributed by atoms with E-state index in [9.17, 15) is 13.2 Å². The van der Waals surface area contributed by atoms with Crippen LogP contribution in [0.15, 0.2) is 60.7 Å². The van der Waals surface area contributed by atoms with Gasteiger partial charge in [-0.15, -0.1) is 0 Å². The van der Waals surface area contributed by atoms with Crippen LogP contribution in [0, 0.1) is 0 Å². The fourth-order valence-corrected chi connectivity index (χ4v) is 3.68. The van der Waals surface area contributed by atoms with Crippen LogP contribution >= 0.6 is 0 Å². The molecule has 0 aliphatic carbocycles. The van der Waals surface area contributed by atoms with Gasteiger partial charge in [0.05, 0.1) is 12.8 Å². The highest BCUT2D eigenvalue weighted by atomic mass is 32.2. The van der Waals surface area contributed by atoms with Crippen molar-refractivity contribution in [2.75, 3.05) is 24.2 Å². The van der Waals surface area contributed by atoms with Gasteiger partial charge in [0.2, 0.25) is 15.9 Å². The quantitative estimate of drug-likeness (QED) is 0.677. The van der Waals surface area contributed by atoms with Crippen molar-refractivity contribution in [2.24, 2.45) is 0 Å². The van der Waals surface area contributed by atoms with Crippen LogP contribution in [0.25, 0.3) is 0 Å². The Bertz CT molecular complexity index is 792. The van der Waals surface area contributed by atoms with Gasteiger partial charge in [-0.3, -0.25) is 4.79 Å². The number of amides is 1. The van der Waals surface area contributed by atoms with Crippen molar-refractivity contribution in [1.82, 2.24) is 4.31 Å². The fourth-order valence-electron chi connectivity index (χ4n) is 2.75. The highest BCUT2D eigenvalue weighted by Gasteiger charge is 2.20. The molecule has 0 fully saturated rings. The minimum Gasteiger partial charge on any atom is -0.308 e. The van der Waals surface area contributed by atoms with Gasteiger partial charge in [-0.25, -0.2) is 12.7 Å². The van der Waals surface area contributed by atoms with Crippen LogP contribution in [-0.2, 0) is 21.4 Å². The lowest BCUT2D eigenvalue weighted by atomic mass is 10.2. The molecule has 5 nitrogen and oxygen atoms in total. The fraction of sp³-hybridized carbons (Fsp3) is 0.350. The van der Waals surface area contributed by atoms with Gasteiger partial charge in [-0.1, -0.05) is 55.5 Å². The Hall–Kier alpha value is -2.18. The first-order chi connectivity index (χ1) is 12.4. The summed E-state index contributed by atoms with van der Waals surface area (Å²) in [7, 11) is -3.31. The average molecular weight is 375 g/mol. The van der Waals surface area contributed by atoms with Crippen molar-refractivity contribution in [3.63, 3.8) is 0 Å². The molecule has 2 aromatic rings. The number of rotatable bonds is 9. The molecular formula is C20H26N2O3S. The highest BCUT2D eigenvalue weighted by molar-refractivity contribution is 7.88. The Kier molecular flexibility index (Phi) is 7.36. The van der Waals surface area contributed by atoms with Crippen LogP contribution < -0.4 is 4.90 Å². The first-order valence-electron chi connectivity index (χ1n) is 8.76. The summed E-state index contributed by atoms with van der Waals surface area (Å²) in [5.41, 5.74) is 1.83. The molecule has 2 rings (SSSR count). The minimum absolute atomic E-state index is 0.0928. The van der Waals surface area contributed by atoms with Gasteiger partial charge in [-0.2, -0.15) is 0 Å². The summed E-state index contributed by atoms with van der Waals surface area (Å²) in [5, 5.41) is 0. The first-order valence-corrected chi connectivity index (χ1v) is 10.6. The molecular weight excluding hydrogens is 348 g/mol. The van der Waals surface area contributed by atoms with E-state index in [2.05, 4.69) is 0 Å². The molecule has 0 N–H and O–H groups in total. The van der Waals surface area contributed by atoms with E-state index in [4.69, 9.17) is 0 Å². The van der Waals surface area contributed by atoms with Crippen molar-refractivity contribution < 1.29 is 13.2 Å². The van der Waals surface area contributed by atoms with Crippen molar-refractivity contribution in [3.05, 3.63) is 66.2 Å². The van der Waals surface area contributed by atoms with Crippen LogP contribution in [-0.4, -0.2) is 38.0 Å². The molecule has 0 unspecified atom stereocenters. The summed E-state index contributed by atoms with van der Waals surface area (Å²) in [6.45, 7) is 3.00. The molecule has 0 atom stereocenters.